The number of rotatable bonds is 4. The van der Waals surface area contributed by atoms with Gasteiger partial charge >= 0.3 is 0 Å². The van der Waals surface area contributed by atoms with Gasteiger partial charge in [0.15, 0.2) is 5.82 Å². The van der Waals surface area contributed by atoms with E-state index < -0.39 is 0 Å². The third kappa shape index (κ3) is 3.23. The van der Waals surface area contributed by atoms with Crippen molar-refractivity contribution >= 4 is 29.5 Å². The summed E-state index contributed by atoms with van der Waals surface area (Å²) in [7, 11) is 0. The molecule has 3 aromatic heterocycles. The van der Waals surface area contributed by atoms with Crippen LogP contribution in [0.15, 0.2) is 36.0 Å². The van der Waals surface area contributed by atoms with E-state index >= 15 is 0 Å². The van der Waals surface area contributed by atoms with Gasteiger partial charge in [-0.2, -0.15) is 4.98 Å². The molecule has 0 radical (unpaired) electrons. The average Bonchev–Trinajstić information content (AvgIpc) is 3.27. The van der Waals surface area contributed by atoms with Crippen LogP contribution >= 0.6 is 23.6 Å². The highest BCUT2D eigenvalue weighted by Crippen LogP contribution is 2.20. The van der Waals surface area contributed by atoms with Gasteiger partial charge in [0.1, 0.15) is 0 Å². The zero-order chi connectivity index (χ0) is 16.4. The number of aromatic nitrogens is 5. The summed E-state index contributed by atoms with van der Waals surface area (Å²) < 4.78 is 2.52. The zero-order valence-corrected chi connectivity index (χ0v) is 14.6. The van der Waals surface area contributed by atoms with E-state index in [1.807, 2.05) is 28.3 Å². The number of anilines is 1. The van der Waals surface area contributed by atoms with Gasteiger partial charge in [-0.25, -0.2) is 14.6 Å². The van der Waals surface area contributed by atoms with Gasteiger partial charge in [0, 0.05) is 38.6 Å². The molecule has 0 aromatic carbocycles. The Kier molecular flexibility index (Phi) is 4.37. The van der Waals surface area contributed by atoms with Crippen molar-refractivity contribution in [1.82, 2.24) is 29.6 Å². The van der Waals surface area contributed by atoms with Crippen LogP contribution in [0.3, 0.4) is 0 Å². The minimum Gasteiger partial charge on any atom is -0.338 e. The molecule has 0 aliphatic carbocycles. The maximum atomic E-state index is 5.38. The van der Waals surface area contributed by atoms with Crippen molar-refractivity contribution in [2.24, 2.45) is 0 Å². The number of thiophene rings is 1. The van der Waals surface area contributed by atoms with Gasteiger partial charge in [0.2, 0.25) is 10.7 Å². The van der Waals surface area contributed by atoms with Gasteiger partial charge < -0.3 is 4.90 Å². The molecule has 0 amide bonds. The van der Waals surface area contributed by atoms with Crippen molar-refractivity contribution in [3.05, 3.63) is 40.7 Å². The molecule has 7 nitrogen and oxygen atoms in total. The van der Waals surface area contributed by atoms with Gasteiger partial charge in [-0.3, -0.25) is 10.00 Å². The monoisotopic (exact) mass is 359 g/mol. The fourth-order valence-electron chi connectivity index (χ4n) is 2.72. The highest BCUT2D eigenvalue weighted by Gasteiger charge is 2.19. The molecule has 3 aromatic rings. The van der Waals surface area contributed by atoms with Gasteiger partial charge in [0.05, 0.1) is 11.5 Å². The first kappa shape index (κ1) is 15.4. The SMILES string of the molecule is S=c1nc(-c2cccs2)[nH]n1CN1CCN(c2ncccn2)CC1. The Bertz CT molecular complexity index is 832. The second-order valence-corrected chi connectivity index (χ2v) is 6.87. The van der Waals surface area contributed by atoms with Crippen molar-refractivity contribution in [2.75, 3.05) is 31.1 Å². The highest BCUT2D eigenvalue weighted by molar-refractivity contribution is 7.71. The smallest absolute Gasteiger partial charge is 0.225 e. The lowest BCUT2D eigenvalue weighted by Gasteiger charge is -2.34. The fourth-order valence-corrected chi connectivity index (χ4v) is 3.58. The van der Waals surface area contributed by atoms with Crippen molar-refractivity contribution in [2.45, 2.75) is 6.67 Å². The zero-order valence-electron chi connectivity index (χ0n) is 13.0. The van der Waals surface area contributed by atoms with Crippen molar-refractivity contribution in [1.29, 1.82) is 0 Å². The summed E-state index contributed by atoms with van der Waals surface area (Å²) in [6, 6.07) is 5.90. The number of nitrogens with zero attached hydrogens (tertiary/aromatic N) is 6. The number of nitrogens with one attached hydrogen (secondary N) is 1. The van der Waals surface area contributed by atoms with Crippen LogP contribution in [0.1, 0.15) is 0 Å². The molecule has 124 valence electrons. The van der Waals surface area contributed by atoms with Crippen LogP contribution < -0.4 is 4.90 Å². The molecule has 4 rings (SSSR count). The third-order valence-corrected chi connectivity index (χ3v) is 5.17. The second kappa shape index (κ2) is 6.80. The molecule has 1 aliphatic heterocycles. The van der Waals surface area contributed by atoms with E-state index in [4.69, 9.17) is 12.2 Å². The highest BCUT2D eigenvalue weighted by atomic mass is 32.1. The van der Waals surface area contributed by atoms with Crippen LogP contribution in [0.5, 0.6) is 0 Å². The largest absolute Gasteiger partial charge is 0.338 e. The molecular formula is C15H17N7S2. The van der Waals surface area contributed by atoms with Crippen LogP contribution in [0.4, 0.5) is 5.95 Å². The molecule has 4 heterocycles. The van der Waals surface area contributed by atoms with Crippen LogP contribution in [-0.2, 0) is 6.67 Å². The number of piperazine rings is 1. The molecule has 0 atom stereocenters. The van der Waals surface area contributed by atoms with Crippen LogP contribution in [0, 0.1) is 4.77 Å². The first-order valence-electron chi connectivity index (χ1n) is 7.74. The first-order valence-corrected chi connectivity index (χ1v) is 9.03. The Morgan fingerprint density at radius 2 is 1.92 bits per heavy atom. The minimum absolute atomic E-state index is 0.590. The van der Waals surface area contributed by atoms with Gasteiger partial charge in [-0.05, 0) is 29.7 Å². The van der Waals surface area contributed by atoms with E-state index in [1.165, 1.54) is 0 Å². The Hall–Kier alpha value is -2.10. The van der Waals surface area contributed by atoms with E-state index in [0.29, 0.717) is 4.77 Å². The summed E-state index contributed by atoms with van der Waals surface area (Å²) in [4.78, 5) is 18.8. The number of hydrogen-bond donors (Lipinski definition) is 1. The molecule has 24 heavy (non-hydrogen) atoms. The third-order valence-electron chi connectivity index (χ3n) is 3.98. The normalized spacial score (nSPS) is 15.8. The van der Waals surface area contributed by atoms with Crippen LogP contribution in [0.25, 0.3) is 10.7 Å². The number of H-pyrrole nitrogens is 1. The van der Waals surface area contributed by atoms with Crippen molar-refractivity contribution < 1.29 is 0 Å². The second-order valence-electron chi connectivity index (χ2n) is 5.56. The Morgan fingerprint density at radius 3 is 2.62 bits per heavy atom. The van der Waals surface area contributed by atoms with Gasteiger partial charge in [-0.15, -0.1) is 11.3 Å². The predicted molar refractivity (Wildman–Crippen MR) is 96.5 cm³/mol. The van der Waals surface area contributed by atoms with E-state index in [1.54, 1.807) is 23.7 Å². The molecule has 1 fully saturated rings. The van der Waals surface area contributed by atoms with E-state index in [2.05, 4.69) is 29.9 Å². The lowest BCUT2D eigenvalue weighted by molar-refractivity contribution is 0.194. The molecular weight excluding hydrogens is 342 g/mol. The van der Waals surface area contributed by atoms with Gasteiger partial charge in [-0.1, -0.05) is 6.07 Å². The number of hydrogen-bond acceptors (Lipinski definition) is 7. The minimum atomic E-state index is 0.590. The maximum absolute atomic E-state index is 5.38. The van der Waals surface area contributed by atoms with E-state index in [-0.39, 0.29) is 0 Å². The van der Waals surface area contributed by atoms with Crippen LogP contribution in [0.2, 0.25) is 0 Å². The standard InChI is InChI=1S/C15H17N7S2/c23-15-18-13(12-3-1-10-24-12)19-22(15)11-20-6-8-21(9-7-20)14-16-4-2-5-17-14/h1-5,10H,6-9,11H2,(H,18,19,23). The molecule has 9 heteroatoms. The summed E-state index contributed by atoms with van der Waals surface area (Å²) in [5.41, 5.74) is 0. The molecule has 1 N–H and O–H groups in total. The molecule has 0 bridgehead atoms. The predicted octanol–water partition coefficient (Wildman–Crippen LogP) is 2.24. The Balaban J connectivity index is 1.40. The lowest BCUT2D eigenvalue weighted by atomic mass is 10.3. The van der Waals surface area contributed by atoms with Crippen LogP contribution in [-0.4, -0.2) is 55.8 Å². The average molecular weight is 359 g/mol. The molecule has 0 spiro atoms. The summed E-state index contributed by atoms with van der Waals surface area (Å²) in [5, 5.41) is 5.34. The Labute approximate surface area is 148 Å². The Morgan fingerprint density at radius 1 is 1.12 bits per heavy atom. The lowest BCUT2D eigenvalue weighted by Crippen LogP contribution is -2.47. The molecule has 1 saturated heterocycles. The van der Waals surface area contributed by atoms with Crippen molar-refractivity contribution in [3.8, 4) is 10.7 Å². The summed E-state index contributed by atoms with van der Waals surface area (Å²) in [6.07, 6.45) is 3.56. The quantitative estimate of drug-likeness (QED) is 0.721. The molecule has 0 saturated carbocycles. The van der Waals surface area contributed by atoms with E-state index in [0.717, 1.165) is 49.5 Å². The van der Waals surface area contributed by atoms with E-state index in [9.17, 15) is 0 Å². The summed E-state index contributed by atoms with van der Waals surface area (Å²) >= 11 is 7.04. The number of aromatic amines is 1. The topological polar surface area (TPSA) is 65.9 Å². The summed E-state index contributed by atoms with van der Waals surface area (Å²) in [5.74, 6) is 1.64. The fraction of sp³-hybridized carbons (Fsp3) is 0.333. The first-order chi connectivity index (χ1) is 11.8. The van der Waals surface area contributed by atoms with Gasteiger partial charge in [0.25, 0.3) is 0 Å². The molecule has 1 aliphatic rings. The summed E-state index contributed by atoms with van der Waals surface area (Å²) in [6.45, 7) is 4.41. The maximum Gasteiger partial charge on any atom is 0.225 e. The van der Waals surface area contributed by atoms with Crippen molar-refractivity contribution in [3.63, 3.8) is 0 Å². The molecule has 0 unspecified atom stereocenters.